The van der Waals surface area contributed by atoms with Gasteiger partial charge in [-0.05, 0) is 26.4 Å². The molecule has 4 nitrogen and oxygen atoms in total. The van der Waals surface area contributed by atoms with Crippen molar-refractivity contribution in [3.63, 3.8) is 0 Å². The quantitative estimate of drug-likeness (QED) is 0.394. The third-order valence-electron chi connectivity index (χ3n) is 2.35. The second-order valence-electron chi connectivity index (χ2n) is 3.58. The Hall–Kier alpha value is -1.16. The van der Waals surface area contributed by atoms with Crippen LogP contribution >= 0.6 is 0 Å². The van der Waals surface area contributed by atoms with Gasteiger partial charge < -0.3 is 9.64 Å². The first-order chi connectivity index (χ1) is 7.51. The van der Waals surface area contributed by atoms with E-state index in [1.165, 1.54) is 6.92 Å². The fourth-order valence-corrected chi connectivity index (χ4v) is 1.30. The minimum Gasteiger partial charge on any atom is -0.390 e. The highest BCUT2D eigenvalue weighted by molar-refractivity contribution is 5.95. The van der Waals surface area contributed by atoms with Crippen molar-refractivity contribution >= 4 is 11.9 Å². The Labute approximate surface area is 97.3 Å². The number of nitrogens with zero attached hydrogens (tertiary/aromatic N) is 1. The van der Waals surface area contributed by atoms with Crippen LogP contribution in [0.15, 0.2) is 11.6 Å². The molecule has 0 spiro atoms. The standard InChI is InChI=1S/C12H21NO3/c1-5-13(6-2)9-7-8-10(3)12(15)16-11(4)14/h8H,5-7,9H2,1-4H3. The lowest BCUT2D eigenvalue weighted by Crippen LogP contribution is -2.23. The molecular formula is C12H21NO3. The molecule has 92 valence electrons. The lowest BCUT2D eigenvalue weighted by Gasteiger charge is -2.16. The summed E-state index contributed by atoms with van der Waals surface area (Å²) in [5, 5.41) is 0. The molecule has 0 aliphatic rings. The summed E-state index contributed by atoms with van der Waals surface area (Å²) in [6.07, 6.45) is 2.60. The van der Waals surface area contributed by atoms with E-state index in [1.54, 1.807) is 6.92 Å². The number of carbonyl (C=O) groups is 2. The van der Waals surface area contributed by atoms with Gasteiger partial charge in [0.1, 0.15) is 0 Å². The molecule has 0 aromatic heterocycles. The van der Waals surface area contributed by atoms with Crippen LogP contribution in [0.2, 0.25) is 0 Å². The van der Waals surface area contributed by atoms with E-state index in [1.807, 2.05) is 6.08 Å². The lowest BCUT2D eigenvalue weighted by atomic mass is 10.2. The molecule has 0 aliphatic heterocycles. The predicted molar refractivity (Wildman–Crippen MR) is 62.9 cm³/mol. The first-order valence-electron chi connectivity index (χ1n) is 5.63. The number of ether oxygens (including phenoxy) is 1. The molecule has 0 N–H and O–H groups in total. The van der Waals surface area contributed by atoms with E-state index in [0.29, 0.717) is 5.57 Å². The van der Waals surface area contributed by atoms with Crippen LogP contribution in [0.1, 0.15) is 34.1 Å². The smallest absolute Gasteiger partial charge is 0.341 e. The summed E-state index contributed by atoms with van der Waals surface area (Å²) < 4.78 is 4.46. The van der Waals surface area contributed by atoms with Crippen molar-refractivity contribution in [2.24, 2.45) is 0 Å². The zero-order valence-corrected chi connectivity index (χ0v) is 10.6. The molecule has 4 heteroatoms. The third kappa shape index (κ3) is 6.35. The first-order valence-corrected chi connectivity index (χ1v) is 5.63. The Bertz CT molecular complexity index is 267. The number of hydrogen-bond acceptors (Lipinski definition) is 4. The van der Waals surface area contributed by atoms with Gasteiger partial charge in [-0.3, -0.25) is 4.79 Å². The lowest BCUT2D eigenvalue weighted by molar-refractivity contribution is -0.155. The van der Waals surface area contributed by atoms with Crippen LogP contribution in [0.5, 0.6) is 0 Å². The van der Waals surface area contributed by atoms with Gasteiger partial charge in [0.05, 0.1) is 0 Å². The molecule has 0 rings (SSSR count). The molecule has 0 unspecified atom stereocenters. The molecule has 0 radical (unpaired) electrons. The molecule has 0 atom stereocenters. The summed E-state index contributed by atoms with van der Waals surface area (Å²) >= 11 is 0. The molecule has 0 saturated heterocycles. The molecule has 0 heterocycles. The summed E-state index contributed by atoms with van der Waals surface area (Å²) in [4.78, 5) is 24.1. The maximum absolute atomic E-state index is 11.2. The van der Waals surface area contributed by atoms with Crippen molar-refractivity contribution in [2.75, 3.05) is 19.6 Å². The van der Waals surface area contributed by atoms with Crippen LogP contribution in [0.4, 0.5) is 0 Å². The van der Waals surface area contributed by atoms with E-state index < -0.39 is 11.9 Å². The molecule has 0 bridgehead atoms. The number of esters is 2. The second-order valence-corrected chi connectivity index (χ2v) is 3.58. The van der Waals surface area contributed by atoms with Crippen LogP contribution in [0.3, 0.4) is 0 Å². The highest BCUT2D eigenvalue weighted by atomic mass is 16.6. The topological polar surface area (TPSA) is 46.6 Å². The first kappa shape index (κ1) is 14.8. The normalized spacial score (nSPS) is 11.7. The fraction of sp³-hybridized carbons (Fsp3) is 0.667. The highest BCUT2D eigenvalue weighted by Gasteiger charge is 2.07. The summed E-state index contributed by atoms with van der Waals surface area (Å²) in [5.74, 6) is -1.12. The maximum atomic E-state index is 11.2. The van der Waals surface area contributed by atoms with E-state index >= 15 is 0 Å². The molecule has 0 amide bonds. The van der Waals surface area contributed by atoms with Gasteiger partial charge in [-0.1, -0.05) is 19.9 Å². The molecule has 0 aliphatic carbocycles. The zero-order valence-electron chi connectivity index (χ0n) is 10.6. The summed E-state index contributed by atoms with van der Waals surface area (Å²) in [5.41, 5.74) is 0.488. The van der Waals surface area contributed by atoms with Gasteiger partial charge in [0, 0.05) is 19.0 Å². The monoisotopic (exact) mass is 227 g/mol. The number of rotatable bonds is 6. The van der Waals surface area contributed by atoms with E-state index in [0.717, 1.165) is 26.1 Å². The molecule has 0 saturated carbocycles. The van der Waals surface area contributed by atoms with Crippen LogP contribution < -0.4 is 0 Å². The van der Waals surface area contributed by atoms with Gasteiger partial charge >= 0.3 is 11.9 Å². The van der Waals surface area contributed by atoms with Gasteiger partial charge in [0.2, 0.25) is 0 Å². The van der Waals surface area contributed by atoms with E-state index in [9.17, 15) is 9.59 Å². The largest absolute Gasteiger partial charge is 0.390 e. The van der Waals surface area contributed by atoms with Crippen molar-refractivity contribution in [1.29, 1.82) is 0 Å². The van der Waals surface area contributed by atoms with Gasteiger partial charge in [-0.2, -0.15) is 0 Å². The maximum Gasteiger partial charge on any atom is 0.341 e. The molecular weight excluding hydrogens is 206 g/mol. The van der Waals surface area contributed by atoms with Gasteiger partial charge in [-0.15, -0.1) is 0 Å². The Balaban J connectivity index is 4.03. The minimum atomic E-state index is -0.568. The molecule has 16 heavy (non-hydrogen) atoms. The number of hydrogen-bond donors (Lipinski definition) is 0. The Morgan fingerprint density at radius 2 is 1.75 bits per heavy atom. The van der Waals surface area contributed by atoms with Crippen molar-refractivity contribution in [2.45, 2.75) is 34.1 Å². The van der Waals surface area contributed by atoms with Gasteiger partial charge in [0.15, 0.2) is 0 Å². The fourth-order valence-electron chi connectivity index (χ4n) is 1.30. The second kappa shape index (κ2) is 8.05. The third-order valence-corrected chi connectivity index (χ3v) is 2.35. The summed E-state index contributed by atoms with van der Waals surface area (Å²) in [7, 11) is 0. The minimum absolute atomic E-state index is 0.488. The van der Waals surface area contributed by atoms with Crippen LogP contribution in [-0.4, -0.2) is 36.5 Å². The van der Waals surface area contributed by atoms with Crippen molar-refractivity contribution in [1.82, 2.24) is 4.90 Å². The molecule has 0 fully saturated rings. The molecule has 0 aromatic rings. The van der Waals surface area contributed by atoms with E-state index in [4.69, 9.17) is 0 Å². The van der Waals surface area contributed by atoms with Crippen LogP contribution in [-0.2, 0) is 14.3 Å². The van der Waals surface area contributed by atoms with Crippen molar-refractivity contribution in [3.8, 4) is 0 Å². The summed E-state index contributed by atoms with van der Waals surface area (Å²) in [6, 6.07) is 0. The van der Waals surface area contributed by atoms with Crippen molar-refractivity contribution in [3.05, 3.63) is 11.6 Å². The zero-order chi connectivity index (χ0) is 12.6. The van der Waals surface area contributed by atoms with E-state index in [-0.39, 0.29) is 0 Å². The van der Waals surface area contributed by atoms with Gasteiger partial charge in [-0.25, -0.2) is 4.79 Å². The molecule has 0 aromatic carbocycles. The van der Waals surface area contributed by atoms with Crippen molar-refractivity contribution < 1.29 is 14.3 Å². The predicted octanol–water partition coefficient (Wildman–Crippen LogP) is 1.75. The van der Waals surface area contributed by atoms with Crippen LogP contribution in [0.25, 0.3) is 0 Å². The van der Waals surface area contributed by atoms with Gasteiger partial charge in [0.25, 0.3) is 0 Å². The Morgan fingerprint density at radius 1 is 1.19 bits per heavy atom. The average molecular weight is 227 g/mol. The summed E-state index contributed by atoms with van der Waals surface area (Å²) in [6.45, 7) is 10.0. The van der Waals surface area contributed by atoms with Crippen LogP contribution in [0, 0.1) is 0 Å². The average Bonchev–Trinajstić information content (AvgIpc) is 2.23. The Morgan fingerprint density at radius 3 is 2.19 bits per heavy atom. The SMILES string of the molecule is CCN(CC)CCC=C(C)C(=O)OC(C)=O. The Kier molecular flexibility index (Phi) is 7.46. The highest BCUT2D eigenvalue weighted by Crippen LogP contribution is 2.00. The van der Waals surface area contributed by atoms with E-state index in [2.05, 4.69) is 23.5 Å². The number of carbonyl (C=O) groups excluding carboxylic acids is 2.